The zero-order valence-electron chi connectivity index (χ0n) is 15.8. The summed E-state index contributed by atoms with van der Waals surface area (Å²) < 4.78 is 2.37. The molecule has 0 bridgehead atoms. The molecule has 0 saturated carbocycles. The third kappa shape index (κ3) is 3.75. The van der Waals surface area contributed by atoms with Gasteiger partial charge in [0.1, 0.15) is 10.9 Å². The van der Waals surface area contributed by atoms with E-state index in [-0.39, 0.29) is 11.5 Å². The lowest BCUT2D eigenvalue weighted by molar-refractivity contribution is -0.118. The van der Waals surface area contributed by atoms with Gasteiger partial charge in [0.25, 0.3) is 5.56 Å². The van der Waals surface area contributed by atoms with Gasteiger partial charge in [0.05, 0.1) is 11.7 Å². The van der Waals surface area contributed by atoms with E-state index >= 15 is 0 Å². The predicted octanol–water partition coefficient (Wildman–Crippen LogP) is 5.40. The van der Waals surface area contributed by atoms with E-state index in [1.165, 1.54) is 22.2 Å². The van der Waals surface area contributed by atoms with E-state index < -0.39 is 6.04 Å². The van der Waals surface area contributed by atoms with E-state index in [2.05, 4.69) is 26.2 Å². The number of nitrogens with zero attached hydrogens (tertiary/aromatic N) is 2. The average molecular weight is 468 g/mol. The van der Waals surface area contributed by atoms with Gasteiger partial charge in [-0.05, 0) is 43.7 Å². The molecule has 7 heteroatoms. The van der Waals surface area contributed by atoms with Crippen LogP contribution in [0, 0.1) is 6.92 Å². The van der Waals surface area contributed by atoms with Gasteiger partial charge in [-0.2, -0.15) is 0 Å². The molecule has 4 aromatic rings. The van der Waals surface area contributed by atoms with Crippen molar-refractivity contribution in [2.75, 3.05) is 5.32 Å². The Hall–Kier alpha value is -2.77. The maximum absolute atomic E-state index is 13.3. The van der Waals surface area contributed by atoms with Gasteiger partial charge in [-0.15, -0.1) is 11.3 Å². The van der Waals surface area contributed by atoms with Gasteiger partial charge in [0, 0.05) is 20.6 Å². The van der Waals surface area contributed by atoms with E-state index in [0.717, 1.165) is 20.5 Å². The maximum atomic E-state index is 13.3. The number of rotatable bonds is 4. The molecule has 2 aromatic carbocycles. The molecule has 4 rings (SSSR count). The lowest BCUT2D eigenvalue weighted by atomic mass is 10.0. The first-order chi connectivity index (χ1) is 14.0. The van der Waals surface area contributed by atoms with Crippen molar-refractivity contribution in [2.45, 2.75) is 19.9 Å². The van der Waals surface area contributed by atoms with Crippen LogP contribution in [0.25, 0.3) is 21.3 Å². The predicted molar refractivity (Wildman–Crippen MR) is 122 cm³/mol. The minimum Gasteiger partial charge on any atom is -0.324 e. The number of hydrogen-bond donors (Lipinski definition) is 1. The van der Waals surface area contributed by atoms with Crippen LogP contribution in [0.5, 0.6) is 0 Å². The van der Waals surface area contributed by atoms with E-state index in [4.69, 9.17) is 0 Å². The fourth-order valence-corrected chi connectivity index (χ4v) is 4.52. The molecule has 29 heavy (non-hydrogen) atoms. The number of aromatic nitrogens is 2. The van der Waals surface area contributed by atoms with Crippen LogP contribution in [-0.2, 0) is 4.79 Å². The Morgan fingerprint density at radius 3 is 2.52 bits per heavy atom. The zero-order valence-corrected chi connectivity index (χ0v) is 18.3. The van der Waals surface area contributed by atoms with Crippen LogP contribution in [-0.4, -0.2) is 15.5 Å². The van der Waals surface area contributed by atoms with Crippen molar-refractivity contribution in [1.82, 2.24) is 9.55 Å². The molecule has 0 aliphatic rings. The van der Waals surface area contributed by atoms with E-state index in [1.54, 1.807) is 6.92 Å². The fourth-order valence-electron chi connectivity index (χ4n) is 3.25. The Morgan fingerprint density at radius 2 is 1.83 bits per heavy atom. The van der Waals surface area contributed by atoms with Gasteiger partial charge in [-0.1, -0.05) is 46.3 Å². The van der Waals surface area contributed by atoms with E-state index in [0.29, 0.717) is 15.9 Å². The summed E-state index contributed by atoms with van der Waals surface area (Å²) in [7, 11) is 0. The summed E-state index contributed by atoms with van der Waals surface area (Å²) in [5.74, 6) is -0.267. The van der Waals surface area contributed by atoms with Gasteiger partial charge in [0.15, 0.2) is 0 Å². The summed E-state index contributed by atoms with van der Waals surface area (Å²) in [6, 6.07) is 16.3. The second-order valence-electron chi connectivity index (χ2n) is 6.71. The number of hydrogen-bond acceptors (Lipinski definition) is 4. The highest BCUT2D eigenvalue weighted by atomic mass is 79.9. The van der Waals surface area contributed by atoms with Crippen molar-refractivity contribution in [3.05, 3.63) is 80.6 Å². The standard InChI is InChI=1S/C22H18BrN3O2S/c1-13(20(27)25-17-6-4-3-5-7-17)26-12-24-21-19(22(26)28)18(14(2)29-21)15-8-10-16(23)11-9-15/h3-13H,1-2H3,(H,25,27). The highest BCUT2D eigenvalue weighted by molar-refractivity contribution is 9.10. The summed E-state index contributed by atoms with van der Waals surface area (Å²) in [6.45, 7) is 3.69. The van der Waals surface area contributed by atoms with Crippen LogP contribution in [0.3, 0.4) is 0 Å². The molecular formula is C22H18BrN3O2S. The normalized spacial score (nSPS) is 12.1. The smallest absolute Gasteiger partial charge is 0.263 e. The molecule has 0 aliphatic heterocycles. The van der Waals surface area contributed by atoms with Crippen LogP contribution in [0.2, 0.25) is 0 Å². The summed E-state index contributed by atoms with van der Waals surface area (Å²) in [5, 5.41) is 3.40. The molecule has 0 spiro atoms. The minimum atomic E-state index is -0.697. The number of fused-ring (bicyclic) bond motifs is 1. The first kappa shape index (κ1) is 19.5. The van der Waals surface area contributed by atoms with E-state index in [9.17, 15) is 9.59 Å². The van der Waals surface area contributed by atoms with Crippen molar-refractivity contribution < 1.29 is 4.79 Å². The molecule has 2 aromatic heterocycles. The molecule has 146 valence electrons. The monoisotopic (exact) mass is 467 g/mol. The van der Waals surface area contributed by atoms with Crippen LogP contribution in [0.15, 0.2) is 70.2 Å². The Balaban J connectivity index is 1.77. The number of amides is 1. The lowest BCUT2D eigenvalue weighted by Gasteiger charge is -2.15. The summed E-state index contributed by atoms with van der Waals surface area (Å²) in [4.78, 5) is 32.2. The lowest BCUT2D eigenvalue weighted by Crippen LogP contribution is -2.31. The van der Waals surface area contributed by atoms with Crippen LogP contribution < -0.4 is 10.9 Å². The SMILES string of the molecule is Cc1sc2ncn(C(C)C(=O)Nc3ccccc3)c(=O)c2c1-c1ccc(Br)cc1. The van der Waals surface area contributed by atoms with Crippen LogP contribution in [0.4, 0.5) is 5.69 Å². The highest BCUT2D eigenvalue weighted by Crippen LogP contribution is 2.36. The van der Waals surface area contributed by atoms with Gasteiger partial charge >= 0.3 is 0 Å². The van der Waals surface area contributed by atoms with Crippen molar-refractivity contribution in [2.24, 2.45) is 0 Å². The number of thiophene rings is 1. The Bertz CT molecular complexity index is 1250. The number of carbonyl (C=O) groups is 1. The molecule has 1 amide bonds. The van der Waals surface area contributed by atoms with Gasteiger partial charge in [0.2, 0.25) is 5.91 Å². The van der Waals surface area contributed by atoms with Gasteiger partial charge in [-0.25, -0.2) is 4.98 Å². The summed E-state index contributed by atoms with van der Waals surface area (Å²) in [6.07, 6.45) is 1.46. The number of anilines is 1. The highest BCUT2D eigenvalue weighted by Gasteiger charge is 2.22. The largest absolute Gasteiger partial charge is 0.324 e. The fraction of sp³-hybridized carbons (Fsp3) is 0.136. The molecule has 1 N–H and O–H groups in total. The van der Waals surface area contributed by atoms with E-state index in [1.807, 2.05) is 61.5 Å². The first-order valence-corrected chi connectivity index (χ1v) is 10.7. The molecule has 1 unspecified atom stereocenters. The van der Waals surface area contributed by atoms with Crippen LogP contribution >= 0.6 is 27.3 Å². The number of para-hydroxylation sites is 1. The third-order valence-corrected chi connectivity index (χ3v) is 6.33. The maximum Gasteiger partial charge on any atom is 0.263 e. The summed E-state index contributed by atoms with van der Waals surface area (Å²) >= 11 is 4.93. The number of halogens is 1. The molecule has 0 saturated heterocycles. The molecule has 1 atom stereocenters. The number of carbonyl (C=O) groups excluding carboxylic acids is 1. The number of benzene rings is 2. The molecule has 2 heterocycles. The van der Waals surface area contributed by atoms with Crippen LogP contribution in [0.1, 0.15) is 17.8 Å². The summed E-state index contributed by atoms with van der Waals surface area (Å²) in [5.41, 5.74) is 2.30. The van der Waals surface area contributed by atoms with Crippen molar-refractivity contribution in [1.29, 1.82) is 0 Å². The third-order valence-electron chi connectivity index (χ3n) is 4.78. The minimum absolute atomic E-state index is 0.215. The quantitative estimate of drug-likeness (QED) is 0.437. The molecule has 0 aliphatic carbocycles. The van der Waals surface area contributed by atoms with Crippen molar-refractivity contribution >= 4 is 49.1 Å². The number of nitrogens with one attached hydrogen (secondary N) is 1. The number of aryl methyl sites for hydroxylation is 1. The molecule has 5 nitrogen and oxygen atoms in total. The second-order valence-corrected chi connectivity index (χ2v) is 8.83. The Morgan fingerprint density at radius 1 is 1.14 bits per heavy atom. The van der Waals surface area contributed by atoms with Gasteiger partial charge < -0.3 is 5.32 Å². The Labute approximate surface area is 180 Å². The van der Waals surface area contributed by atoms with Gasteiger partial charge in [-0.3, -0.25) is 14.2 Å². The molecular weight excluding hydrogens is 450 g/mol. The Kier molecular flexibility index (Phi) is 5.34. The van der Waals surface area contributed by atoms with Crippen molar-refractivity contribution in [3.8, 4) is 11.1 Å². The molecule has 0 fully saturated rings. The van der Waals surface area contributed by atoms with Crippen molar-refractivity contribution in [3.63, 3.8) is 0 Å². The second kappa shape index (κ2) is 7.93. The molecule has 0 radical (unpaired) electrons. The average Bonchev–Trinajstić information content (AvgIpc) is 3.06. The topological polar surface area (TPSA) is 64.0 Å². The zero-order chi connectivity index (χ0) is 20.5. The first-order valence-electron chi connectivity index (χ1n) is 9.08.